The molecule has 0 N–H and O–H groups in total. The maximum atomic E-state index is 11.5. The van der Waals surface area contributed by atoms with E-state index in [1.54, 1.807) is 18.2 Å². The third-order valence-corrected chi connectivity index (χ3v) is 4.16. The number of hydrogen-bond acceptors (Lipinski definition) is 3. The van der Waals surface area contributed by atoms with Crippen LogP contribution in [0.5, 0.6) is 0 Å². The zero-order valence-electron chi connectivity index (χ0n) is 9.17. The molecule has 0 radical (unpaired) electrons. The third kappa shape index (κ3) is 1.83. The normalized spacial score (nSPS) is 12.1. The summed E-state index contributed by atoms with van der Waals surface area (Å²) >= 11 is 0. The summed E-state index contributed by atoms with van der Waals surface area (Å²) < 4.78 is 23.0. The van der Waals surface area contributed by atoms with Crippen LogP contribution >= 0.6 is 10.7 Å². The predicted octanol–water partition coefficient (Wildman–Crippen LogP) is 3.32. The third-order valence-electron chi connectivity index (χ3n) is 2.78. The highest BCUT2D eigenvalue weighted by atomic mass is 35.7. The van der Waals surface area contributed by atoms with E-state index in [0.717, 1.165) is 10.9 Å². The molecule has 18 heavy (non-hydrogen) atoms. The average Bonchev–Trinajstić information content (AvgIpc) is 2.34. The second-order valence-electron chi connectivity index (χ2n) is 3.94. The molecule has 90 valence electrons. The number of nitrogens with zero attached hydrogens (tertiary/aromatic N) is 1. The Labute approximate surface area is 108 Å². The summed E-state index contributed by atoms with van der Waals surface area (Å²) in [6.07, 6.45) is 0. The van der Waals surface area contributed by atoms with Crippen LogP contribution in [0.3, 0.4) is 0 Å². The van der Waals surface area contributed by atoms with Gasteiger partial charge in [-0.15, -0.1) is 0 Å². The molecule has 0 unspecified atom stereocenters. The molecule has 3 aromatic rings. The molecule has 2 aromatic carbocycles. The summed E-state index contributed by atoms with van der Waals surface area (Å²) in [5.74, 6) is 0. The van der Waals surface area contributed by atoms with Crippen LogP contribution in [0.2, 0.25) is 0 Å². The average molecular weight is 278 g/mol. The fraction of sp³-hybridized carbons (Fsp3) is 0. The molecule has 0 aliphatic heterocycles. The lowest BCUT2D eigenvalue weighted by molar-refractivity contribution is 0.610. The van der Waals surface area contributed by atoms with Crippen molar-refractivity contribution < 1.29 is 8.42 Å². The smallest absolute Gasteiger partial charge is 0.248 e. The summed E-state index contributed by atoms with van der Waals surface area (Å²) in [6, 6.07) is 14.2. The Bertz CT molecular complexity index is 859. The molecule has 3 nitrogen and oxygen atoms in total. The first kappa shape index (κ1) is 11.4. The molecular formula is C13H8ClNO2S. The van der Waals surface area contributed by atoms with Gasteiger partial charge in [0.2, 0.25) is 0 Å². The monoisotopic (exact) mass is 277 g/mol. The minimum atomic E-state index is -3.77. The second-order valence-corrected chi connectivity index (χ2v) is 6.48. The lowest BCUT2D eigenvalue weighted by atomic mass is 10.1. The molecule has 0 aliphatic carbocycles. The first-order chi connectivity index (χ1) is 8.55. The maximum Gasteiger partial charge on any atom is 0.261 e. The Balaban J connectivity index is 2.51. The van der Waals surface area contributed by atoms with Crippen LogP contribution in [0.1, 0.15) is 0 Å². The van der Waals surface area contributed by atoms with Gasteiger partial charge in [-0.05, 0) is 24.3 Å². The van der Waals surface area contributed by atoms with Crippen LogP contribution in [-0.4, -0.2) is 13.4 Å². The number of pyridine rings is 1. The van der Waals surface area contributed by atoms with Crippen molar-refractivity contribution in [1.29, 1.82) is 0 Å². The summed E-state index contributed by atoms with van der Waals surface area (Å²) in [7, 11) is 1.67. The maximum absolute atomic E-state index is 11.5. The lowest BCUT2D eigenvalue weighted by Gasteiger charge is -2.04. The van der Waals surface area contributed by atoms with Crippen molar-refractivity contribution in [2.75, 3.05) is 0 Å². The minimum Gasteiger partial charge on any atom is -0.248 e. The quantitative estimate of drug-likeness (QED) is 0.506. The summed E-state index contributed by atoms with van der Waals surface area (Å²) in [5, 5.41) is 1.43. The molecule has 0 fully saturated rings. The number of fused-ring (bicyclic) bond motifs is 2. The molecule has 0 atom stereocenters. The first-order valence-corrected chi connectivity index (χ1v) is 7.60. The number of hydrogen-bond donors (Lipinski definition) is 0. The number of aromatic nitrogens is 1. The van der Waals surface area contributed by atoms with Gasteiger partial charge in [0.15, 0.2) is 0 Å². The number of halogens is 1. The van der Waals surface area contributed by atoms with Gasteiger partial charge in [0, 0.05) is 21.5 Å². The zero-order chi connectivity index (χ0) is 12.8. The van der Waals surface area contributed by atoms with E-state index in [1.807, 2.05) is 24.3 Å². The minimum absolute atomic E-state index is 0.0971. The van der Waals surface area contributed by atoms with E-state index in [2.05, 4.69) is 4.98 Å². The van der Waals surface area contributed by atoms with Crippen LogP contribution < -0.4 is 0 Å². The molecule has 1 heterocycles. The van der Waals surface area contributed by atoms with Crippen molar-refractivity contribution in [2.24, 2.45) is 0 Å². The van der Waals surface area contributed by atoms with Crippen molar-refractivity contribution in [3.63, 3.8) is 0 Å². The van der Waals surface area contributed by atoms with Gasteiger partial charge < -0.3 is 0 Å². The molecule has 0 aliphatic rings. The van der Waals surface area contributed by atoms with Gasteiger partial charge in [-0.1, -0.05) is 24.3 Å². The van der Waals surface area contributed by atoms with Crippen LogP contribution in [0.4, 0.5) is 0 Å². The summed E-state index contributed by atoms with van der Waals surface area (Å²) in [5.41, 5.74) is 1.45. The second kappa shape index (κ2) is 3.93. The van der Waals surface area contributed by atoms with Crippen molar-refractivity contribution in [1.82, 2.24) is 4.98 Å². The Morgan fingerprint density at radius 1 is 0.944 bits per heavy atom. The molecular weight excluding hydrogens is 270 g/mol. The molecule has 0 saturated heterocycles. The van der Waals surface area contributed by atoms with E-state index in [0.29, 0.717) is 10.9 Å². The van der Waals surface area contributed by atoms with Crippen LogP contribution in [0.15, 0.2) is 53.4 Å². The zero-order valence-corrected chi connectivity index (χ0v) is 10.7. The van der Waals surface area contributed by atoms with E-state index >= 15 is 0 Å². The van der Waals surface area contributed by atoms with Crippen LogP contribution in [-0.2, 0) is 9.05 Å². The molecule has 1 aromatic heterocycles. The standard InChI is InChI=1S/C13H8ClNO2S/c14-18(16,17)13-7-3-6-12-10(13)8-9-4-1-2-5-11(9)15-12/h1-8H. The number of para-hydroxylation sites is 1. The van der Waals surface area contributed by atoms with Gasteiger partial charge in [0.05, 0.1) is 15.9 Å². The fourth-order valence-corrected chi connectivity index (χ4v) is 3.06. The lowest BCUT2D eigenvalue weighted by Crippen LogP contribution is -1.93. The number of benzene rings is 2. The van der Waals surface area contributed by atoms with Crippen LogP contribution in [0, 0.1) is 0 Å². The molecule has 0 saturated carbocycles. The van der Waals surface area contributed by atoms with Gasteiger partial charge in [0.1, 0.15) is 0 Å². The van der Waals surface area contributed by atoms with Gasteiger partial charge in [-0.2, -0.15) is 0 Å². The number of rotatable bonds is 1. The fourth-order valence-electron chi connectivity index (χ4n) is 1.98. The first-order valence-electron chi connectivity index (χ1n) is 5.29. The Morgan fingerprint density at radius 3 is 2.44 bits per heavy atom. The SMILES string of the molecule is O=S(=O)(Cl)c1cccc2nc3ccccc3cc12. The van der Waals surface area contributed by atoms with Gasteiger partial charge >= 0.3 is 0 Å². The Hall–Kier alpha value is -1.65. The van der Waals surface area contributed by atoms with Crippen molar-refractivity contribution >= 4 is 41.5 Å². The highest BCUT2D eigenvalue weighted by Gasteiger charge is 2.14. The van der Waals surface area contributed by atoms with Crippen molar-refractivity contribution in [3.8, 4) is 0 Å². The highest BCUT2D eigenvalue weighted by Crippen LogP contribution is 2.27. The molecule has 0 amide bonds. The Morgan fingerprint density at radius 2 is 1.67 bits per heavy atom. The Kier molecular flexibility index (Phi) is 2.50. The predicted molar refractivity (Wildman–Crippen MR) is 72.3 cm³/mol. The molecule has 3 rings (SSSR count). The van der Waals surface area contributed by atoms with E-state index in [4.69, 9.17) is 10.7 Å². The molecule has 0 bridgehead atoms. The van der Waals surface area contributed by atoms with E-state index in [9.17, 15) is 8.42 Å². The largest absolute Gasteiger partial charge is 0.261 e. The summed E-state index contributed by atoms with van der Waals surface area (Å²) in [6.45, 7) is 0. The molecule has 5 heteroatoms. The van der Waals surface area contributed by atoms with Gasteiger partial charge in [-0.25, -0.2) is 13.4 Å². The van der Waals surface area contributed by atoms with Crippen LogP contribution in [0.25, 0.3) is 21.8 Å². The topological polar surface area (TPSA) is 47.0 Å². The van der Waals surface area contributed by atoms with Gasteiger partial charge in [0.25, 0.3) is 9.05 Å². The molecule has 0 spiro atoms. The van der Waals surface area contributed by atoms with E-state index in [-0.39, 0.29) is 4.90 Å². The van der Waals surface area contributed by atoms with E-state index < -0.39 is 9.05 Å². The van der Waals surface area contributed by atoms with Crippen molar-refractivity contribution in [3.05, 3.63) is 48.5 Å². The van der Waals surface area contributed by atoms with Gasteiger partial charge in [-0.3, -0.25) is 0 Å². The van der Waals surface area contributed by atoms with E-state index in [1.165, 1.54) is 6.07 Å². The summed E-state index contributed by atoms with van der Waals surface area (Å²) in [4.78, 5) is 4.53. The van der Waals surface area contributed by atoms with Crippen molar-refractivity contribution in [2.45, 2.75) is 4.90 Å². The highest BCUT2D eigenvalue weighted by molar-refractivity contribution is 8.14.